The van der Waals surface area contributed by atoms with E-state index in [1.54, 1.807) is 35.3 Å². The van der Waals surface area contributed by atoms with Crippen molar-refractivity contribution in [1.29, 1.82) is 5.26 Å². The molecule has 0 spiro atoms. The van der Waals surface area contributed by atoms with E-state index in [-0.39, 0.29) is 25.7 Å². The fourth-order valence-corrected chi connectivity index (χ4v) is 5.58. The number of esters is 1. The van der Waals surface area contributed by atoms with Gasteiger partial charge in [0.25, 0.3) is 10.2 Å². The summed E-state index contributed by atoms with van der Waals surface area (Å²) in [7, 11) is -3.70. The van der Waals surface area contributed by atoms with E-state index < -0.39 is 16.3 Å². The predicted molar refractivity (Wildman–Crippen MR) is 116 cm³/mol. The molecule has 0 amide bonds. The van der Waals surface area contributed by atoms with E-state index >= 15 is 0 Å². The van der Waals surface area contributed by atoms with Gasteiger partial charge in [0.2, 0.25) is 0 Å². The molecule has 168 valence electrons. The first-order valence-corrected chi connectivity index (χ1v) is 11.7. The molecule has 2 aromatic heterocycles. The van der Waals surface area contributed by atoms with E-state index in [1.165, 1.54) is 10.5 Å². The van der Waals surface area contributed by atoms with E-state index in [4.69, 9.17) is 10.00 Å². The standard InChI is InChI=1S/C22H20N6O4S/c1-13-5-21(24-8-16(13)6-23)28-10-15(7-25-28)9-27-11-20(26-33(27,30)31)17-3-4-18-19(14(17)2)12-32-22(18)29/h3-5,7-8,10,20,26H,9,11-12H2,1-2H3. The summed E-state index contributed by atoms with van der Waals surface area (Å²) in [6.07, 6.45) is 4.81. The molecule has 10 nitrogen and oxygen atoms in total. The molecule has 0 saturated carbocycles. The lowest BCUT2D eigenvalue weighted by molar-refractivity contribution is 0.0535. The number of aryl methyl sites for hydroxylation is 1. The molecule has 0 bridgehead atoms. The van der Waals surface area contributed by atoms with Crippen molar-refractivity contribution in [1.82, 2.24) is 23.8 Å². The van der Waals surface area contributed by atoms with Crippen molar-refractivity contribution in [2.24, 2.45) is 0 Å². The number of ether oxygens (including phenoxy) is 1. The van der Waals surface area contributed by atoms with Gasteiger partial charge < -0.3 is 4.74 Å². The summed E-state index contributed by atoms with van der Waals surface area (Å²) in [6, 6.07) is 6.88. The van der Waals surface area contributed by atoms with Crippen molar-refractivity contribution in [3.05, 3.63) is 75.7 Å². The third-order valence-corrected chi connectivity index (χ3v) is 7.59. The molecular formula is C22H20N6O4S. The number of aromatic nitrogens is 3. The third-order valence-electron chi connectivity index (χ3n) is 6.05. The number of pyridine rings is 1. The van der Waals surface area contributed by atoms with Crippen LogP contribution >= 0.6 is 0 Å². The highest BCUT2D eigenvalue weighted by Gasteiger charge is 2.38. The first-order chi connectivity index (χ1) is 15.8. The van der Waals surface area contributed by atoms with E-state index in [1.807, 2.05) is 13.8 Å². The number of carbonyl (C=O) groups excluding carboxylic acids is 1. The number of nitrogens with zero attached hydrogens (tertiary/aromatic N) is 5. The largest absolute Gasteiger partial charge is 0.457 e. The first kappa shape index (κ1) is 21.3. The van der Waals surface area contributed by atoms with Crippen molar-refractivity contribution < 1.29 is 17.9 Å². The van der Waals surface area contributed by atoms with Crippen molar-refractivity contribution >= 4 is 16.2 Å². The Labute approximate surface area is 190 Å². The van der Waals surface area contributed by atoms with Crippen molar-refractivity contribution in [2.45, 2.75) is 33.0 Å². The van der Waals surface area contributed by atoms with Gasteiger partial charge in [-0.1, -0.05) is 6.07 Å². The van der Waals surface area contributed by atoms with Crippen LogP contribution in [0, 0.1) is 25.2 Å². The average Bonchev–Trinajstić information content (AvgIpc) is 3.47. The molecule has 2 aliphatic rings. The lowest BCUT2D eigenvalue weighted by Gasteiger charge is -2.15. The van der Waals surface area contributed by atoms with Gasteiger partial charge in [0.05, 0.1) is 23.4 Å². The summed E-state index contributed by atoms with van der Waals surface area (Å²) in [5, 5.41) is 13.4. The molecule has 0 aliphatic carbocycles. The molecule has 1 N–H and O–H groups in total. The maximum absolute atomic E-state index is 12.8. The minimum Gasteiger partial charge on any atom is -0.457 e. The molecule has 33 heavy (non-hydrogen) atoms. The molecule has 1 unspecified atom stereocenters. The Balaban J connectivity index is 1.36. The summed E-state index contributed by atoms with van der Waals surface area (Å²) < 4.78 is 36.4. The van der Waals surface area contributed by atoms with Crippen LogP contribution < -0.4 is 4.72 Å². The summed E-state index contributed by atoms with van der Waals surface area (Å²) in [5.74, 6) is 0.195. The SMILES string of the molecule is Cc1cc(-n2cc(CN3CC(c4ccc5c(c4C)COC5=O)NS3(=O)=O)cn2)ncc1C#N. The quantitative estimate of drug-likeness (QED) is 0.583. The Morgan fingerprint density at radius 2 is 2.12 bits per heavy atom. The van der Waals surface area contributed by atoms with Gasteiger partial charge in [-0.15, -0.1) is 0 Å². The number of carbonyl (C=O) groups is 1. The Kier molecular flexibility index (Phi) is 5.01. The van der Waals surface area contributed by atoms with Crippen molar-refractivity contribution in [3.8, 4) is 11.9 Å². The van der Waals surface area contributed by atoms with Crippen LogP contribution in [0.4, 0.5) is 0 Å². The molecule has 5 rings (SSSR count). The van der Waals surface area contributed by atoms with Crippen LogP contribution in [-0.4, -0.2) is 40.0 Å². The maximum atomic E-state index is 12.8. The van der Waals surface area contributed by atoms with Gasteiger partial charge in [-0.2, -0.15) is 27.8 Å². The summed E-state index contributed by atoms with van der Waals surface area (Å²) in [5.41, 5.74) is 5.01. The first-order valence-electron chi connectivity index (χ1n) is 10.2. The minimum absolute atomic E-state index is 0.146. The van der Waals surface area contributed by atoms with E-state index in [9.17, 15) is 13.2 Å². The van der Waals surface area contributed by atoms with Crippen LogP contribution in [0.3, 0.4) is 0 Å². The van der Waals surface area contributed by atoms with Gasteiger partial charge in [-0.25, -0.2) is 14.5 Å². The maximum Gasteiger partial charge on any atom is 0.338 e. The second kappa shape index (κ2) is 7.77. The summed E-state index contributed by atoms with van der Waals surface area (Å²) in [4.78, 5) is 16.0. The molecule has 2 aliphatic heterocycles. The molecule has 1 atom stereocenters. The van der Waals surface area contributed by atoms with Gasteiger partial charge in [0.15, 0.2) is 5.82 Å². The topological polar surface area (TPSA) is 130 Å². The van der Waals surface area contributed by atoms with Crippen LogP contribution in [0.5, 0.6) is 0 Å². The smallest absolute Gasteiger partial charge is 0.338 e. The van der Waals surface area contributed by atoms with Crippen LogP contribution in [0.25, 0.3) is 5.82 Å². The Hall–Kier alpha value is -3.59. The number of nitrogens with one attached hydrogen (secondary N) is 1. The Morgan fingerprint density at radius 3 is 2.88 bits per heavy atom. The zero-order valence-corrected chi connectivity index (χ0v) is 18.8. The number of cyclic esters (lactones) is 1. The van der Waals surface area contributed by atoms with Crippen LogP contribution in [-0.2, 0) is 28.1 Å². The zero-order chi connectivity index (χ0) is 23.3. The zero-order valence-electron chi connectivity index (χ0n) is 17.9. The normalized spacial score (nSPS) is 19.3. The van der Waals surface area contributed by atoms with E-state index in [0.717, 1.165) is 22.3 Å². The summed E-state index contributed by atoms with van der Waals surface area (Å²) >= 11 is 0. The third kappa shape index (κ3) is 3.68. The molecular weight excluding hydrogens is 444 g/mol. The van der Waals surface area contributed by atoms with E-state index in [0.29, 0.717) is 22.5 Å². The fraction of sp³-hybridized carbons (Fsp3) is 0.273. The highest BCUT2D eigenvalue weighted by Crippen LogP contribution is 2.32. The second-order valence-electron chi connectivity index (χ2n) is 8.11. The van der Waals surface area contributed by atoms with Gasteiger partial charge in [0.1, 0.15) is 12.7 Å². The molecule has 11 heteroatoms. The number of nitriles is 1. The number of rotatable bonds is 4. The lowest BCUT2D eigenvalue weighted by Crippen LogP contribution is -2.29. The van der Waals surface area contributed by atoms with Gasteiger partial charge in [-0.05, 0) is 42.7 Å². The molecule has 1 aromatic carbocycles. The van der Waals surface area contributed by atoms with Crippen molar-refractivity contribution in [2.75, 3.05) is 6.54 Å². The minimum atomic E-state index is -3.70. The van der Waals surface area contributed by atoms with Gasteiger partial charge in [0, 0.05) is 36.6 Å². The number of hydrogen-bond donors (Lipinski definition) is 1. The van der Waals surface area contributed by atoms with Crippen LogP contribution in [0.2, 0.25) is 0 Å². The molecule has 4 heterocycles. The van der Waals surface area contributed by atoms with Gasteiger partial charge in [-0.3, -0.25) is 0 Å². The Bertz CT molecular complexity index is 1440. The van der Waals surface area contributed by atoms with Gasteiger partial charge >= 0.3 is 5.97 Å². The molecule has 1 saturated heterocycles. The van der Waals surface area contributed by atoms with Crippen molar-refractivity contribution in [3.63, 3.8) is 0 Å². The fourth-order valence-electron chi connectivity index (χ4n) is 4.20. The molecule has 0 radical (unpaired) electrons. The number of benzene rings is 1. The lowest BCUT2D eigenvalue weighted by atomic mass is 9.94. The summed E-state index contributed by atoms with van der Waals surface area (Å²) in [6.45, 7) is 4.30. The molecule has 3 aromatic rings. The van der Waals surface area contributed by atoms with Crippen LogP contribution in [0.15, 0.2) is 36.8 Å². The Morgan fingerprint density at radius 1 is 1.30 bits per heavy atom. The number of fused-ring (bicyclic) bond motifs is 1. The second-order valence-corrected chi connectivity index (χ2v) is 9.81. The van der Waals surface area contributed by atoms with E-state index in [2.05, 4.69) is 20.9 Å². The average molecular weight is 465 g/mol. The highest BCUT2D eigenvalue weighted by molar-refractivity contribution is 7.87. The van der Waals surface area contributed by atoms with Crippen LogP contribution in [0.1, 0.15) is 49.8 Å². The monoisotopic (exact) mass is 464 g/mol. The predicted octanol–water partition coefficient (Wildman–Crippen LogP) is 1.82. The number of hydrogen-bond acceptors (Lipinski definition) is 7. The molecule has 1 fully saturated rings. The highest BCUT2D eigenvalue weighted by atomic mass is 32.2.